The first-order chi connectivity index (χ1) is 13.1. The average Bonchev–Trinajstić information content (AvgIpc) is 2.73. The highest BCUT2D eigenvalue weighted by atomic mass is 16.6. The number of nitro groups is 1. The summed E-state index contributed by atoms with van der Waals surface area (Å²) < 4.78 is 0. The number of nitrogens with zero attached hydrogens (tertiary/aromatic N) is 4. The van der Waals surface area contributed by atoms with Gasteiger partial charge in [0.25, 0.3) is 11.6 Å². The van der Waals surface area contributed by atoms with Gasteiger partial charge in [-0.15, -0.1) is 0 Å². The molecule has 7 heteroatoms. The molecule has 0 spiro atoms. The van der Waals surface area contributed by atoms with Crippen LogP contribution in [0.2, 0.25) is 0 Å². The Balaban J connectivity index is 1.56. The monoisotopic (exact) mass is 362 g/mol. The molecule has 0 unspecified atom stereocenters. The summed E-state index contributed by atoms with van der Waals surface area (Å²) in [7, 11) is 0. The maximum absolute atomic E-state index is 12.6. The summed E-state index contributed by atoms with van der Waals surface area (Å²) in [6, 6.07) is 14.4. The molecule has 7 nitrogen and oxygen atoms in total. The molecule has 1 fully saturated rings. The number of non-ortho nitro benzene ring substituents is 1. The van der Waals surface area contributed by atoms with Gasteiger partial charge in [-0.25, -0.2) is 0 Å². The maximum Gasteiger partial charge on any atom is 0.278 e. The predicted octanol–water partition coefficient (Wildman–Crippen LogP) is 3.11. The van der Waals surface area contributed by atoms with Crippen molar-refractivity contribution >= 4 is 28.1 Å². The van der Waals surface area contributed by atoms with Crippen molar-refractivity contribution in [3.8, 4) is 0 Å². The van der Waals surface area contributed by atoms with Gasteiger partial charge >= 0.3 is 0 Å². The highest BCUT2D eigenvalue weighted by molar-refractivity contribution is 5.99. The van der Waals surface area contributed by atoms with Crippen LogP contribution >= 0.6 is 0 Å². The second kappa shape index (κ2) is 7.03. The number of fused-ring (bicyclic) bond motifs is 1. The van der Waals surface area contributed by atoms with Gasteiger partial charge in [0.1, 0.15) is 0 Å². The van der Waals surface area contributed by atoms with Crippen LogP contribution in [0.3, 0.4) is 0 Å². The molecule has 27 heavy (non-hydrogen) atoms. The Bertz CT molecular complexity index is 999. The van der Waals surface area contributed by atoms with Crippen LogP contribution in [0.4, 0.5) is 11.4 Å². The van der Waals surface area contributed by atoms with E-state index in [2.05, 4.69) is 9.88 Å². The minimum atomic E-state index is -0.385. The third-order valence-corrected chi connectivity index (χ3v) is 4.90. The smallest absolute Gasteiger partial charge is 0.278 e. The number of pyridine rings is 1. The fourth-order valence-electron chi connectivity index (χ4n) is 3.51. The van der Waals surface area contributed by atoms with Crippen LogP contribution in [-0.4, -0.2) is 46.9 Å². The highest BCUT2D eigenvalue weighted by Gasteiger charge is 2.24. The summed E-state index contributed by atoms with van der Waals surface area (Å²) in [5.41, 5.74) is 1.68. The third kappa shape index (κ3) is 3.19. The largest absolute Gasteiger partial charge is 0.367 e. The van der Waals surface area contributed by atoms with E-state index in [0.717, 1.165) is 11.1 Å². The maximum atomic E-state index is 12.6. The summed E-state index contributed by atoms with van der Waals surface area (Å²) in [6.45, 7) is 2.57. The molecule has 1 saturated heterocycles. The van der Waals surface area contributed by atoms with Gasteiger partial charge in [0.15, 0.2) is 0 Å². The van der Waals surface area contributed by atoms with Crippen molar-refractivity contribution in [1.82, 2.24) is 9.88 Å². The van der Waals surface area contributed by atoms with Crippen LogP contribution in [0.5, 0.6) is 0 Å². The Morgan fingerprint density at radius 3 is 2.41 bits per heavy atom. The summed E-state index contributed by atoms with van der Waals surface area (Å²) in [5, 5.41) is 12.6. The highest BCUT2D eigenvalue weighted by Crippen LogP contribution is 2.33. The first kappa shape index (κ1) is 17.0. The summed E-state index contributed by atoms with van der Waals surface area (Å²) in [4.78, 5) is 31.5. The van der Waals surface area contributed by atoms with Crippen LogP contribution in [0, 0.1) is 10.1 Å². The summed E-state index contributed by atoms with van der Waals surface area (Å²) in [5.74, 6) is 0.0352. The molecule has 0 radical (unpaired) electrons. The molecule has 136 valence electrons. The lowest BCUT2D eigenvalue weighted by Crippen LogP contribution is -2.48. The van der Waals surface area contributed by atoms with E-state index in [1.165, 1.54) is 12.3 Å². The molecule has 2 aromatic carbocycles. The van der Waals surface area contributed by atoms with Gasteiger partial charge < -0.3 is 9.80 Å². The number of carbonyl (C=O) groups excluding carboxylic acids is 1. The first-order valence-corrected chi connectivity index (χ1v) is 8.75. The van der Waals surface area contributed by atoms with Crippen LogP contribution < -0.4 is 4.90 Å². The minimum absolute atomic E-state index is 0.0352. The fourth-order valence-corrected chi connectivity index (χ4v) is 3.51. The SMILES string of the molecule is O=C(c1ccccc1)N1CCN(c2ccc([N+](=O)[O-])c3cnccc23)CC1. The molecule has 0 bridgehead atoms. The number of hydrogen-bond donors (Lipinski definition) is 0. The molecule has 1 aliphatic rings. The first-order valence-electron chi connectivity index (χ1n) is 8.75. The van der Waals surface area contributed by atoms with Gasteiger partial charge in [-0.3, -0.25) is 19.9 Å². The standard InChI is InChI=1S/C20H18N4O3/c25-20(15-4-2-1-3-5-15)23-12-10-22(11-13-23)18-6-7-19(24(26)27)17-14-21-9-8-16(17)18/h1-9,14H,10-13H2. The average molecular weight is 362 g/mol. The van der Waals surface area contributed by atoms with E-state index in [9.17, 15) is 14.9 Å². The predicted molar refractivity (Wildman–Crippen MR) is 103 cm³/mol. The molecule has 1 aliphatic heterocycles. The normalized spacial score (nSPS) is 14.4. The van der Waals surface area contributed by atoms with Crippen molar-refractivity contribution in [2.24, 2.45) is 0 Å². The molecule has 3 aromatic rings. The molecule has 0 atom stereocenters. The second-order valence-corrected chi connectivity index (χ2v) is 6.43. The van der Waals surface area contributed by atoms with E-state index in [0.29, 0.717) is 37.1 Å². The molecule has 0 aliphatic carbocycles. The Hall–Kier alpha value is -3.48. The lowest BCUT2D eigenvalue weighted by molar-refractivity contribution is -0.383. The fraction of sp³-hybridized carbons (Fsp3) is 0.200. The van der Waals surface area contributed by atoms with Crippen LogP contribution in [-0.2, 0) is 0 Å². The molecule has 0 N–H and O–H groups in total. The van der Waals surface area contributed by atoms with Crippen molar-refractivity contribution < 1.29 is 9.72 Å². The van der Waals surface area contributed by atoms with Crippen LogP contribution in [0.15, 0.2) is 60.9 Å². The Morgan fingerprint density at radius 2 is 1.70 bits per heavy atom. The number of carbonyl (C=O) groups is 1. The van der Waals surface area contributed by atoms with E-state index in [1.54, 1.807) is 18.3 Å². The zero-order chi connectivity index (χ0) is 18.8. The zero-order valence-electron chi connectivity index (χ0n) is 14.6. The second-order valence-electron chi connectivity index (χ2n) is 6.43. The Kier molecular flexibility index (Phi) is 4.42. The number of hydrogen-bond acceptors (Lipinski definition) is 5. The molecule has 2 heterocycles. The minimum Gasteiger partial charge on any atom is -0.367 e. The van der Waals surface area contributed by atoms with Gasteiger partial charge in [0.05, 0.1) is 10.3 Å². The summed E-state index contributed by atoms with van der Waals surface area (Å²) >= 11 is 0. The third-order valence-electron chi connectivity index (χ3n) is 4.90. The van der Waals surface area contributed by atoms with Crippen molar-refractivity contribution in [2.45, 2.75) is 0 Å². The molecule has 0 saturated carbocycles. The lowest BCUT2D eigenvalue weighted by Gasteiger charge is -2.36. The quantitative estimate of drug-likeness (QED) is 0.528. The van der Waals surface area contributed by atoms with Gasteiger partial charge in [0.2, 0.25) is 0 Å². The van der Waals surface area contributed by atoms with Crippen LogP contribution in [0.1, 0.15) is 10.4 Å². The number of nitro benzene ring substituents is 1. The van der Waals surface area contributed by atoms with E-state index in [4.69, 9.17) is 0 Å². The van der Waals surface area contributed by atoms with Crippen LogP contribution in [0.25, 0.3) is 10.8 Å². The topological polar surface area (TPSA) is 79.6 Å². The molecule has 1 aromatic heterocycles. The van der Waals surface area contributed by atoms with Gasteiger partial charge in [-0.2, -0.15) is 0 Å². The molecular weight excluding hydrogens is 344 g/mol. The van der Waals surface area contributed by atoms with Gasteiger partial charge in [0, 0.05) is 61.3 Å². The number of benzene rings is 2. The van der Waals surface area contributed by atoms with Gasteiger partial charge in [-0.05, 0) is 24.3 Å². The van der Waals surface area contributed by atoms with Crippen molar-refractivity contribution in [3.63, 3.8) is 0 Å². The van der Waals surface area contributed by atoms with Crippen molar-refractivity contribution in [3.05, 3.63) is 76.6 Å². The number of rotatable bonds is 3. The lowest BCUT2D eigenvalue weighted by atomic mass is 10.1. The Morgan fingerprint density at radius 1 is 0.963 bits per heavy atom. The van der Waals surface area contributed by atoms with Crippen molar-refractivity contribution in [1.29, 1.82) is 0 Å². The van der Waals surface area contributed by atoms with E-state index < -0.39 is 0 Å². The molecular formula is C20H18N4O3. The van der Waals surface area contributed by atoms with Crippen molar-refractivity contribution in [2.75, 3.05) is 31.1 Å². The molecule has 1 amide bonds. The molecule has 4 rings (SSSR count). The number of piperazine rings is 1. The van der Waals surface area contributed by atoms with E-state index in [1.807, 2.05) is 35.2 Å². The Labute approximate surface area is 156 Å². The van der Waals surface area contributed by atoms with E-state index in [-0.39, 0.29) is 16.5 Å². The number of aromatic nitrogens is 1. The van der Waals surface area contributed by atoms with E-state index >= 15 is 0 Å². The van der Waals surface area contributed by atoms with Gasteiger partial charge in [-0.1, -0.05) is 18.2 Å². The number of amides is 1. The summed E-state index contributed by atoms with van der Waals surface area (Å²) in [6.07, 6.45) is 3.18. The number of anilines is 1. The zero-order valence-corrected chi connectivity index (χ0v) is 14.6.